The van der Waals surface area contributed by atoms with Crippen LogP contribution in [0.5, 0.6) is 0 Å². The van der Waals surface area contributed by atoms with Gasteiger partial charge >= 0.3 is 0 Å². The van der Waals surface area contributed by atoms with Crippen molar-refractivity contribution in [1.82, 2.24) is 9.80 Å². The largest absolute Gasteiger partial charge is 0.294 e. The number of nitrogens with zero attached hydrogens (tertiary/aromatic N) is 2. The highest BCUT2D eigenvalue weighted by Crippen LogP contribution is 2.29. The number of hydrogen-bond acceptors (Lipinski definition) is 2. The average molecular weight is 202 g/mol. The third-order valence-electron chi connectivity index (χ3n) is 2.42. The van der Waals surface area contributed by atoms with Crippen LogP contribution in [0.15, 0.2) is 0 Å². The topological polar surface area (TPSA) is 6.48 Å². The molecule has 1 unspecified atom stereocenters. The Morgan fingerprint density at radius 1 is 1.15 bits per heavy atom. The van der Waals surface area contributed by atoms with E-state index in [1.807, 2.05) is 0 Å². The van der Waals surface area contributed by atoms with Gasteiger partial charge in [-0.1, -0.05) is 27.7 Å². The first-order valence-electron chi connectivity index (χ1n) is 5.25. The van der Waals surface area contributed by atoms with Gasteiger partial charge in [-0.2, -0.15) is 0 Å². The van der Waals surface area contributed by atoms with Crippen LogP contribution in [0, 0.1) is 0 Å². The van der Waals surface area contributed by atoms with Gasteiger partial charge in [-0.05, 0) is 32.2 Å². The smallest absolute Gasteiger partial charge is 0.0635 e. The predicted molar refractivity (Wildman–Crippen MR) is 64.4 cm³/mol. The predicted octanol–water partition coefficient (Wildman–Crippen LogP) is 0.780. The van der Waals surface area contributed by atoms with Crippen molar-refractivity contribution in [2.75, 3.05) is 27.2 Å². The molecule has 0 bridgehead atoms. The molecule has 0 fully saturated rings. The van der Waals surface area contributed by atoms with Crippen molar-refractivity contribution in [3.63, 3.8) is 0 Å². The molecule has 0 spiro atoms. The van der Waals surface area contributed by atoms with Crippen LogP contribution >= 0.6 is 0 Å². The molecule has 0 aliphatic carbocycles. The summed E-state index contributed by atoms with van der Waals surface area (Å²) in [5, 5.41) is 0.454. The zero-order valence-corrected chi connectivity index (χ0v) is 12.4. The van der Waals surface area contributed by atoms with E-state index in [4.69, 9.17) is 0 Å². The zero-order valence-electron chi connectivity index (χ0n) is 10.4. The first kappa shape index (κ1) is 13.1. The molecule has 0 radical (unpaired) electrons. The molecule has 80 valence electrons. The highest BCUT2D eigenvalue weighted by Gasteiger charge is 2.30. The lowest BCUT2D eigenvalue weighted by Crippen LogP contribution is -2.50. The summed E-state index contributed by atoms with van der Waals surface area (Å²) in [5.41, 5.74) is 0. The quantitative estimate of drug-likeness (QED) is 0.480. The van der Waals surface area contributed by atoms with Gasteiger partial charge in [-0.3, -0.25) is 9.80 Å². The summed E-state index contributed by atoms with van der Waals surface area (Å²) in [6.07, 6.45) is 0.592. The summed E-state index contributed by atoms with van der Waals surface area (Å²) in [7, 11) is 5.60. The van der Waals surface area contributed by atoms with E-state index in [1.54, 1.807) is 0 Å². The first-order chi connectivity index (χ1) is 5.84. The molecule has 0 N–H and O–H groups in total. The Labute approximate surface area is 86.7 Å². The van der Waals surface area contributed by atoms with E-state index in [0.717, 1.165) is 13.1 Å². The second kappa shape index (κ2) is 5.13. The van der Waals surface area contributed by atoms with Gasteiger partial charge in [0.25, 0.3) is 0 Å². The molecular formula is C10H26N2Si. The minimum Gasteiger partial charge on any atom is -0.294 e. The molecule has 0 saturated heterocycles. The zero-order chi connectivity index (χ0) is 10.6. The maximum Gasteiger partial charge on any atom is 0.0635 e. The van der Waals surface area contributed by atoms with E-state index in [-0.39, 0.29) is 0 Å². The Morgan fingerprint density at radius 3 is 1.62 bits per heavy atom. The van der Waals surface area contributed by atoms with Crippen molar-refractivity contribution < 1.29 is 0 Å². The van der Waals surface area contributed by atoms with Gasteiger partial charge in [-0.15, -0.1) is 0 Å². The lowest BCUT2D eigenvalue weighted by molar-refractivity contribution is 0.0587. The molecule has 0 rings (SSSR count). The number of hydrogen-bond donors (Lipinski definition) is 0. The van der Waals surface area contributed by atoms with Gasteiger partial charge in [0.05, 0.1) is 6.17 Å². The van der Waals surface area contributed by atoms with Crippen molar-refractivity contribution in [1.29, 1.82) is 0 Å². The molecule has 1 atom stereocenters. The average Bonchev–Trinajstić information content (AvgIpc) is 1.96. The highest BCUT2D eigenvalue weighted by atomic mass is 28.1. The van der Waals surface area contributed by atoms with Crippen LogP contribution in [-0.2, 0) is 0 Å². The fraction of sp³-hybridized carbons (Fsp3) is 1.00. The lowest BCUT2D eigenvalue weighted by Gasteiger charge is -2.43. The Balaban J connectivity index is 4.59. The van der Waals surface area contributed by atoms with Gasteiger partial charge in [0.2, 0.25) is 0 Å². The molecule has 0 aromatic heterocycles. The standard InChI is InChI=1S/C10H26N2Si/c1-7-12(8-2)9(11(5)6)10(3,4)13/h9H,7-8H2,1-6,13H3. The highest BCUT2D eigenvalue weighted by molar-refractivity contribution is 6.15. The van der Waals surface area contributed by atoms with E-state index < -0.39 is 0 Å². The molecule has 0 heterocycles. The maximum absolute atomic E-state index is 2.53. The summed E-state index contributed by atoms with van der Waals surface area (Å²) in [6.45, 7) is 11.5. The third kappa shape index (κ3) is 3.79. The lowest BCUT2D eigenvalue weighted by atomic mass is 10.1. The molecule has 0 aliphatic rings. The minimum absolute atomic E-state index is 0.454. The second-order valence-corrected chi connectivity index (χ2v) is 7.50. The van der Waals surface area contributed by atoms with Crippen molar-refractivity contribution in [3.8, 4) is 0 Å². The summed E-state index contributed by atoms with van der Waals surface area (Å²) in [4.78, 5) is 4.88. The molecule has 13 heavy (non-hydrogen) atoms. The van der Waals surface area contributed by atoms with Crippen LogP contribution in [0.2, 0.25) is 5.04 Å². The molecule has 3 heteroatoms. The molecule has 0 amide bonds. The van der Waals surface area contributed by atoms with Crippen LogP contribution in [0.25, 0.3) is 0 Å². The number of rotatable bonds is 5. The normalized spacial score (nSPS) is 15.7. The first-order valence-corrected chi connectivity index (χ1v) is 6.25. The molecule has 0 aliphatic heterocycles. The minimum atomic E-state index is 0.454. The Kier molecular flexibility index (Phi) is 5.18. The van der Waals surface area contributed by atoms with E-state index in [1.165, 1.54) is 10.2 Å². The summed E-state index contributed by atoms with van der Waals surface area (Å²) in [6, 6.07) is 0. The summed E-state index contributed by atoms with van der Waals surface area (Å²) < 4.78 is 0. The summed E-state index contributed by atoms with van der Waals surface area (Å²) >= 11 is 0. The van der Waals surface area contributed by atoms with E-state index >= 15 is 0 Å². The molecule has 0 aromatic rings. The fourth-order valence-electron chi connectivity index (χ4n) is 2.22. The van der Waals surface area contributed by atoms with Gasteiger partial charge < -0.3 is 0 Å². The Morgan fingerprint density at radius 2 is 1.54 bits per heavy atom. The second-order valence-electron chi connectivity index (χ2n) is 4.92. The maximum atomic E-state index is 2.53. The van der Waals surface area contributed by atoms with Gasteiger partial charge in [0.1, 0.15) is 0 Å². The van der Waals surface area contributed by atoms with Crippen molar-refractivity contribution in [3.05, 3.63) is 0 Å². The van der Waals surface area contributed by atoms with Crippen LogP contribution in [0.3, 0.4) is 0 Å². The SMILES string of the molecule is CCN(CC)C(N(C)C)C(C)(C)[SiH3]. The van der Waals surface area contributed by atoms with Crippen molar-refractivity contribution in [2.45, 2.75) is 38.9 Å². The van der Waals surface area contributed by atoms with Gasteiger partial charge in [0, 0.05) is 10.2 Å². The van der Waals surface area contributed by atoms with Crippen LogP contribution < -0.4 is 0 Å². The van der Waals surface area contributed by atoms with Gasteiger partial charge in [0.15, 0.2) is 0 Å². The van der Waals surface area contributed by atoms with Crippen LogP contribution in [0.1, 0.15) is 27.7 Å². The molecule has 0 saturated carbocycles. The van der Waals surface area contributed by atoms with Crippen molar-refractivity contribution >= 4 is 10.2 Å². The van der Waals surface area contributed by atoms with Crippen LogP contribution in [-0.4, -0.2) is 53.4 Å². The molecule has 2 nitrogen and oxygen atoms in total. The van der Waals surface area contributed by atoms with Crippen LogP contribution in [0.4, 0.5) is 0 Å². The van der Waals surface area contributed by atoms with E-state index in [2.05, 4.69) is 51.6 Å². The molecule has 0 aromatic carbocycles. The Hall–Kier alpha value is 0.137. The monoisotopic (exact) mass is 202 g/mol. The fourth-order valence-corrected chi connectivity index (χ4v) is 3.10. The van der Waals surface area contributed by atoms with E-state index in [9.17, 15) is 0 Å². The van der Waals surface area contributed by atoms with Crippen molar-refractivity contribution in [2.24, 2.45) is 0 Å². The third-order valence-corrected chi connectivity index (χ3v) is 2.94. The Bertz CT molecular complexity index is 136. The summed E-state index contributed by atoms with van der Waals surface area (Å²) in [5.74, 6) is 0. The molecular weight excluding hydrogens is 176 g/mol. The van der Waals surface area contributed by atoms with Gasteiger partial charge in [-0.25, -0.2) is 0 Å². The van der Waals surface area contributed by atoms with E-state index in [0.29, 0.717) is 11.2 Å².